The fraction of sp³-hybridized carbons (Fsp3) is 0.304. The Labute approximate surface area is 170 Å². The molecule has 3 aromatic rings. The van der Waals surface area contributed by atoms with Crippen molar-refractivity contribution in [1.29, 1.82) is 0 Å². The van der Waals surface area contributed by atoms with E-state index in [1.807, 2.05) is 30.6 Å². The maximum atomic E-state index is 4.72. The summed E-state index contributed by atoms with van der Waals surface area (Å²) in [5, 5.41) is 0. The van der Waals surface area contributed by atoms with Gasteiger partial charge in [0, 0.05) is 50.7 Å². The van der Waals surface area contributed by atoms with E-state index in [1.165, 1.54) is 17.0 Å². The molecule has 0 spiro atoms. The maximum absolute atomic E-state index is 4.72. The maximum Gasteiger partial charge on any atom is 0.183 e. The number of aliphatic imine (C=N–C) groups is 1. The molecule has 0 bridgehead atoms. The molecule has 0 atom stereocenters. The number of aryl methyl sites for hydroxylation is 1. The summed E-state index contributed by atoms with van der Waals surface area (Å²) in [5.41, 5.74) is 5.96. The molecule has 0 aliphatic carbocycles. The average Bonchev–Trinajstić information content (AvgIpc) is 3.33. The minimum atomic E-state index is 0.735. The van der Waals surface area contributed by atoms with Gasteiger partial charge in [-0.2, -0.15) is 0 Å². The van der Waals surface area contributed by atoms with E-state index in [1.54, 1.807) is 0 Å². The second-order valence-corrected chi connectivity index (χ2v) is 7.68. The van der Waals surface area contributed by atoms with Crippen molar-refractivity contribution in [3.05, 3.63) is 65.4 Å². The van der Waals surface area contributed by atoms with Crippen LogP contribution in [0.5, 0.6) is 0 Å². The van der Waals surface area contributed by atoms with Crippen LogP contribution in [-0.2, 0) is 13.6 Å². The zero-order chi connectivity index (χ0) is 19.6. The number of rotatable bonds is 3. The fourth-order valence-electron chi connectivity index (χ4n) is 3.96. The summed E-state index contributed by atoms with van der Waals surface area (Å²) < 4.78 is 2.17. The number of fused-ring (bicyclic) bond motifs is 1. The number of nitrogens with zero attached hydrogens (tertiary/aromatic N) is 5. The van der Waals surface area contributed by atoms with Gasteiger partial charge in [-0.05, 0) is 35.8 Å². The number of benzene rings is 1. The zero-order valence-electron chi connectivity index (χ0n) is 16.6. The van der Waals surface area contributed by atoms with Gasteiger partial charge in [-0.1, -0.05) is 18.1 Å². The molecule has 0 saturated heterocycles. The van der Waals surface area contributed by atoms with Crippen LogP contribution >= 0.6 is 0 Å². The number of H-pyrrole nitrogens is 1. The highest BCUT2D eigenvalue weighted by Crippen LogP contribution is 2.23. The molecule has 0 radical (unpaired) electrons. The molecule has 0 saturated carbocycles. The molecule has 4 heterocycles. The van der Waals surface area contributed by atoms with Crippen LogP contribution in [0.25, 0.3) is 11.0 Å². The molecule has 29 heavy (non-hydrogen) atoms. The first-order chi connectivity index (χ1) is 14.2. The molecule has 1 aromatic carbocycles. The van der Waals surface area contributed by atoms with Crippen molar-refractivity contribution in [2.75, 3.05) is 26.2 Å². The summed E-state index contributed by atoms with van der Waals surface area (Å²) in [6.07, 6.45) is 5.09. The van der Waals surface area contributed by atoms with Crippen LogP contribution in [0, 0.1) is 11.8 Å². The first-order valence-corrected chi connectivity index (χ1v) is 10.00. The lowest BCUT2D eigenvalue weighted by atomic mass is 10.0. The second kappa shape index (κ2) is 7.61. The minimum Gasteiger partial charge on any atom is -0.353 e. The first kappa shape index (κ1) is 17.8. The van der Waals surface area contributed by atoms with Crippen LogP contribution < -0.4 is 0 Å². The van der Waals surface area contributed by atoms with Gasteiger partial charge in [0.15, 0.2) is 5.82 Å². The molecule has 146 valence electrons. The molecule has 0 unspecified atom stereocenters. The summed E-state index contributed by atoms with van der Waals surface area (Å²) in [4.78, 5) is 17.2. The van der Waals surface area contributed by atoms with Crippen LogP contribution in [-0.4, -0.2) is 56.9 Å². The van der Waals surface area contributed by atoms with E-state index in [0.29, 0.717) is 0 Å². The molecule has 2 aliphatic rings. The van der Waals surface area contributed by atoms with Gasteiger partial charge in [-0.25, -0.2) is 9.98 Å². The van der Waals surface area contributed by atoms with Crippen LogP contribution in [0.15, 0.2) is 58.9 Å². The number of aromatic nitrogens is 3. The minimum absolute atomic E-state index is 0.735. The lowest BCUT2D eigenvalue weighted by molar-refractivity contribution is 0.300. The largest absolute Gasteiger partial charge is 0.353 e. The van der Waals surface area contributed by atoms with Crippen LogP contribution in [0.3, 0.4) is 0 Å². The van der Waals surface area contributed by atoms with Crippen molar-refractivity contribution >= 4 is 17.4 Å². The van der Waals surface area contributed by atoms with Gasteiger partial charge in [0.2, 0.25) is 0 Å². The number of aromatic amines is 1. The summed E-state index contributed by atoms with van der Waals surface area (Å²) in [7, 11) is 2.09. The number of para-hydroxylation sites is 2. The Bertz CT molecular complexity index is 1120. The van der Waals surface area contributed by atoms with Gasteiger partial charge >= 0.3 is 0 Å². The third-order valence-electron chi connectivity index (χ3n) is 5.57. The van der Waals surface area contributed by atoms with E-state index in [-0.39, 0.29) is 0 Å². The van der Waals surface area contributed by atoms with Crippen LogP contribution in [0.4, 0.5) is 0 Å². The van der Waals surface area contributed by atoms with Crippen molar-refractivity contribution in [2.24, 2.45) is 12.0 Å². The third-order valence-corrected chi connectivity index (χ3v) is 5.57. The predicted molar refractivity (Wildman–Crippen MR) is 115 cm³/mol. The summed E-state index contributed by atoms with van der Waals surface area (Å²) in [6, 6.07) is 12.3. The normalized spacial score (nSPS) is 16.8. The molecule has 0 amide bonds. The van der Waals surface area contributed by atoms with Crippen molar-refractivity contribution in [3.8, 4) is 11.8 Å². The van der Waals surface area contributed by atoms with Gasteiger partial charge < -0.3 is 14.5 Å². The number of hydrogen-bond acceptors (Lipinski definition) is 4. The van der Waals surface area contributed by atoms with Crippen LogP contribution in [0.1, 0.15) is 17.9 Å². The van der Waals surface area contributed by atoms with Crippen molar-refractivity contribution < 1.29 is 0 Å². The quantitative estimate of drug-likeness (QED) is 0.707. The van der Waals surface area contributed by atoms with Crippen molar-refractivity contribution in [1.82, 2.24) is 24.3 Å². The van der Waals surface area contributed by atoms with Crippen LogP contribution in [0.2, 0.25) is 0 Å². The second-order valence-electron chi connectivity index (χ2n) is 7.68. The summed E-state index contributed by atoms with van der Waals surface area (Å²) in [5.74, 6) is 7.20. The van der Waals surface area contributed by atoms with E-state index in [4.69, 9.17) is 4.99 Å². The van der Waals surface area contributed by atoms with Crippen molar-refractivity contribution in [3.63, 3.8) is 0 Å². The van der Waals surface area contributed by atoms with Gasteiger partial charge in [0.25, 0.3) is 0 Å². The lowest BCUT2D eigenvalue weighted by Crippen LogP contribution is -2.38. The average molecular weight is 384 g/mol. The monoisotopic (exact) mass is 384 g/mol. The molecule has 6 heteroatoms. The van der Waals surface area contributed by atoms with E-state index < -0.39 is 0 Å². The molecular formula is C23H24N6. The molecule has 0 fully saturated rings. The van der Waals surface area contributed by atoms with E-state index >= 15 is 0 Å². The highest BCUT2D eigenvalue weighted by atomic mass is 15.2. The smallest absolute Gasteiger partial charge is 0.183 e. The summed E-state index contributed by atoms with van der Waals surface area (Å²) >= 11 is 0. The van der Waals surface area contributed by atoms with Gasteiger partial charge in [-0.15, -0.1) is 0 Å². The standard InChI is InChI=1S/C23H24N6/c1-27-11-4-6-19(27)16-29-15-18-14-28(13-10-20(18)24-17-29)12-5-9-23-25-21-7-2-3-8-22(21)26-23/h2-4,6-8,11,17H,10,12-16H2,1H3,(H,25,26). The van der Waals surface area contributed by atoms with Gasteiger partial charge in [0.05, 0.1) is 30.5 Å². The predicted octanol–water partition coefficient (Wildman–Crippen LogP) is 2.76. The Morgan fingerprint density at radius 2 is 2.07 bits per heavy atom. The van der Waals surface area contributed by atoms with Gasteiger partial charge in [0.1, 0.15) is 0 Å². The number of imidazole rings is 1. The topological polar surface area (TPSA) is 52.5 Å². The molecular weight excluding hydrogens is 360 g/mol. The van der Waals surface area contributed by atoms with Crippen molar-refractivity contribution in [2.45, 2.75) is 13.0 Å². The molecule has 1 N–H and O–H groups in total. The Morgan fingerprint density at radius 3 is 2.93 bits per heavy atom. The highest BCUT2D eigenvalue weighted by molar-refractivity contribution is 5.75. The third kappa shape index (κ3) is 3.82. The Balaban J connectivity index is 1.21. The molecule has 2 aromatic heterocycles. The highest BCUT2D eigenvalue weighted by Gasteiger charge is 2.22. The first-order valence-electron chi connectivity index (χ1n) is 10.00. The number of nitrogens with one attached hydrogen (secondary N) is 1. The number of hydrogen-bond donors (Lipinski definition) is 1. The molecule has 2 aliphatic heterocycles. The Morgan fingerprint density at radius 1 is 1.14 bits per heavy atom. The Kier molecular flexibility index (Phi) is 4.66. The van der Waals surface area contributed by atoms with E-state index in [0.717, 1.165) is 56.0 Å². The molecule has 6 nitrogen and oxygen atoms in total. The summed E-state index contributed by atoms with van der Waals surface area (Å²) in [6.45, 7) is 4.51. The van der Waals surface area contributed by atoms with Gasteiger partial charge in [-0.3, -0.25) is 4.90 Å². The Hall–Kier alpha value is -3.30. The van der Waals surface area contributed by atoms with E-state index in [9.17, 15) is 0 Å². The SMILES string of the molecule is Cn1cccc1CN1C=NC2=C(C1)CN(CC#Cc1nc3ccccc3[nH]1)CC2. The zero-order valence-corrected chi connectivity index (χ0v) is 16.6. The lowest BCUT2D eigenvalue weighted by Gasteiger charge is -2.33. The van der Waals surface area contributed by atoms with E-state index in [2.05, 4.69) is 61.6 Å². The fourth-order valence-corrected chi connectivity index (χ4v) is 3.96. The molecule has 5 rings (SSSR count).